The number of ether oxygens (including phenoxy) is 2. The highest BCUT2D eigenvalue weighted by Crippen LogP contribution is 2.42. The summed E-state index contributed by atoms with van der Waals surface area (Å²) in [6.07, 6.45) is -0.300. The number of aryl methyl sites for hydroxylation is 2. The molecule has 0 radical (unpaired) electrons. The molecule has 170 valence electrons. The third-order valence-corrected chi connectivity index (χ3v) is 6.55. The van der Waals surface area contributed by atoms with E-state index in [1.807, 2.05) is 32.9 Å². The molecule has 0 aliphatic heterocycles. The molecule has 0 saturated carbocycles. The van der Waals surface area contributed by atoms with E-state index < -0.39 is 5.41 Å². The monoisotopic (exact) mass is 440 g/mol. The molecule has 0 fully saturated rings. The van der Waals surface area contributed by atoms with Crippen LogP contribution in [0.15, 0.2) is 78.9 Å². The first-order valence-electron chi connectivity index (χ1n) is 11.5. The number of hydrogen-bond acceptors (Lipinski definition) is 3. The molecule has 4 rings (SSSR count). The third kappa shape index (κ3) is 4.46. The Labute approximate surface area is 196 Å². The first-order chi connectivity index (χ1) is 15.8. The predicted octanol–water partition coefficient (Wildman–Crippen LogP) is 7.28. The summed E-state index contributed by atoms with van der Waals surface area (Å²) >= 11 is 0. The lowest BCUT2D eigenvalue weighted by molar-refractivity contribution is -0.0616. The zero-order valence-electron chi connectivity index (χ0n) is 20.1. The van der Waals surface area contributed by atoms with E-state index in [1.165, 1.54) is 16.3 Å². The molecule has 3 heteroatoms. The predicted molar refractivity (Wildman–Crippen MR) is 135 cm³/mol. The second kappa shape index (κ2) is 9.29. The van der Waals surface area contributed by atoms with E-state index in [0.29, 0.717) is 12.4 Å². The summed E-state index contributed by atoms with van der Waals surface area (Å²) in [7, 11) is 0. The molecule has 0 saturated heterocycles. The Kier molecular flexibility index (Phi) is 6.44. The van der Waals surface area contributed by atoms with Gasteiger partial charge < -0.3 is 14.6 Å². The quantitative estimate of drug-likeness (QED) is 0.242. The summed E-state index contributed by atoms with van der Waals surface area (Å²) in [4.78, 5) is 0. The minimum Gasteiger partial charge on any atom is -0.508 e. The van der Waals surface area contributed by atoms with Crippen LogP contribution in [0.2, 0.25) is 0 Å². The van der Waals surface area contributed by atoms with Crippen LogP contribution in [0, 0.1) is 13.8 Å². The van der Waals surface area contributed by atoms with Gasteiger partial charge in [-0.1, -0.05) is 60.7 Å². The molecule has 3 nitrogen and oxygen atoms in total. The fraction of sp³-hybridized carbons (Fsp3) is 0.267. The maximum atomic E-state index is 10.2. The second-order valence-corrected chi connectivity index (χ2v) is 8.81. The van der Waals surface area contributed by atoms with Crippen molar-refractivity contribution >= 4 is 10.8 Å². The number of phenols is 1. The smallest absolute Gasteiger partial charge is 0.196 e. The van der Waals surface area contributed by atoms with Gasteiger partial charge in [-0.05, 0) is 91.4 Å². The Hall–Kier alpha value is -3.30. The Bertz CT molecular complexity index is 1280. The standard InChI is InChI=1S/C30H32O3/c1-6-32-22(4)33-29-16-14-26(18-21(29)3)30(5,25-13-15-28(31)20(2)17-25)27-12-11-23-9-7-8-10-24(23)19-27/h7-19,22,31H,6H2,1-5H3. The Balaban J connectivity index is 1.87. The number of fused-ring (bicyclic) bond motifs is 1. The molecule has 0 aliphatic rings. The van der Waals surface area contributed by atoms with Crippen molar-refractivity contribution in [3.05, 3.63) is 107 Å². The summed E-state index contributed by atoms with van der Waals surface area (Å²) in [5, 5.41) is 12.6. The van der Waals surface area contributed by atoms with Gasteiger partial charge in [0.2, 0.25) is 0 Å². The molecule has 0 aromatic heterocycles. The van der Waals surface area contributed by atoms with Crippen molar-refractivity contribution in [3.8, 4) is 11.5 Å². The maximum absolute atomic E-state index is 10.2. The van der Waals surface area contributed by atoms with Crippen LogP contribution in [0.4, 0.5) is 0 Å². The summed E-state index contributed by atoms with van der Waals surface area (Å²) in [5.74, 6) is 1.13. The van der Waals surface area contributed by atoms with Crippen LogP contribution in [0.1, 0.15) is 48.6 Å². The SMILES string of the molecule is CCOC(C)Oc1ccc(C(C)(c2ccc(O)c(C)c2)c2ccc3ccccc3c2)cc1C. The van der Waals surface area contributed by atoms with E-state index in [4.69, 9.17) is 9.47 Å². The Morgan fingerprint density at radius 3 is 2.06 bits per heavy atom. The van der Waals surface area contributed by atoms with Crippen LogP contribution in [0.5, 0.6) is 11.5 Å². The van der Waals surface area contributed by atoms with Crippen LogP contribution >= 0.6 is 0 Å². The van der Waals surface area contributed by atoms with Gasteiger partial charge in [0.05, 0.1) is 0 Å². The minimum absolute atomic E-state index is 0.300. The first kappa shape index (κ1) is 22.9. The highest BCUT2D eigenvalue weighted by atomic mass is 16.7. The summed E-state index contributed by atoms with van der Waals surface area (Å²) in [6, 6.07) is 27.4. The second-order valence-electron chi connectivity index (χ2n) is 8.81. The molecule has 4 aromatic rings. The van der Waals surface area contributed by atoms with E-state index in [0.717, 1.165) is 28.0 Å². The van der Waals surface area contributed by atoms with Gasteiger partial charge in [0.25, 0.3) is 0 Å². The molecule has 0 aliphatic carbocycles. The van der Waals surface area contributed by atoms with Crippen molar-refractivity contribution in [2.45, 2.75) is 46.3 Å². The largest absolute Gasteiger partial charge is 0.508 e. The number of hydrogen-bond donors (Lipinski definition) is 1. The lowest BCUT2D eigenvalue weighted by Crippen LogP contribution is -2.26. The maximum Gasteiger partial charge on any atom is 0.196 e. The van der Waals surface area contributed by atoms with E-state index in [9.17, 15) is 5.11 Å². The summed E-state index contributed by atoms with van der Waals surface area (Å²) in [6.45, 7) is 10.7. The molecule has 4 aromatic carbocycles. The molecule has 0 amide bonds. The number of benzene rings is 4. The summed E-state index contributed by atoms with van der Waals surface area (Å²) in [5.41, 5.74) is 4.99. The molecular formula is C30H32O3. The van der Waals surface area contributed by atoms with Crippen LogP contribution in [-0.4, -0.2) is 18.0 Å². The van der Waals surface area contributed by atoms with Gasteiger partial charge in [0.15, 0.2) is 6.29 Å². The summed E-state index contributed by atoms with van der Waals surface area (Å²) < 4.78 is 11.6. The number of phenolic OH excluding ortho intramolecular Hbond substituents is 1. The van der Waals surface area contributed by atoms with Crippen molar-refractivity contribution in [2.75, 3.05) is 6.61 Å². The van der Waals surface area contributed by atoms with E-state index in [2.05, 4.69) is 74.5 Å². The fourth-order valence-electron chi connectivity index (χ4n) is 4.51. The average molecular weight is 441 g/mol. The van der Waals surface area contributed by atoms with E-state index >= 15 is 0 Å². The van der Waals surface area contributed by atoms with Crippen LogP contribution in [0.25, 0.3) is 10.8 Å². The molecule has 33 heavy (non-hydrogen) atoms. The molecule has 0 heterocycles. The number of rotatable bonds is 7. The van der Waals surface area contributed by atoms with Crippen molar-refractivity contribution < 1.29 is 14.6 Å². The lowest BCUT2D eigenvalue weighted by Gasteiger charge is -2.33. The molecule has 1 N–H and O–H groups in total. The zero-order valence-corrected chi connectivity index (χ0v) is 20.1. The Morgan fingerprint density at radius 1 is 0.788 bits per heavy atom. The highest BCUT2D eigenvalue weighted by molar-refractivity contribution is 5.83. The van der Waals surface area contributed by atoms with Crippen molar-refractivity contribution in [2.24, 2.45) is 0 Å². The van der Waals surface area contributed by atoms with Gasteiger partial charge in [-0.25, -0.2) is 0 Å². The third-order valence-electron chi connectivity index (χ3n) is 6.55. The normalized spacial score (nSPS) is 14.1. The fourth-order valence-corrected chi connectivity index (χ4v) is 4.51. The van der Waals surface area contributed by atoms with E-state index in [-0.39, 0.29) is 6.29 Å². The van der Waals surface area contributed by atoms with Crippen molar-refractivity contribution in [1.82, 2.24) is 0 Å². The van der Waals surface area contributed by atoms with Crippen LogP contribution < -0.4 is 4.74 Å². The highest BCUT2D eigenvalue weighted by Gasteiger charge is 2.32. The zero-order chi connectivity index (χ0) is 23.6. The van der Waals surface area contributed by atoms with Gasteiger partial charge in [-0.3, -0.25) is 0 Å². The van der Waals surface area contributed by atoms with Crippen molar-refractivity contribution in [3.63, 3.8) is 0 Å². The Morgan fingerprint density at radius 2 is 1.39 bits per heavy atom. The molecule has 2 unspecified atom stereocenters. The van der Waals surface area contributed by atoms with Crippen molar-refractivity contribution in [1.29, 1.82) is 0 Å². The van der Waals surface area contributed by atoms with Crippen LogP contribution in [0.3, 0.4) is 0 Å². The minimum atomic E-state index is -0.419. The molecule has 0 bridgehead atoms. The lowest BCUT2D eigenvalue weighted by atomic mass is 9.70. The number of aromatic hydroxyl groups is 1. The van der Waals surface area contributed by atoms with Gasteiger partial charge in [-0.15, -0.1) is 0 Å². The average Bonchev–Trinajstić information content (AvgIpc) is 2.81. The van der Waals surface area contributed by atoms with Gasteiger partial charge >= 0.3 is 0 Å². The van der Waals surface area contributed by atoms with E-state index in [1.54, 1.807) is 6.07 Å². The first-order valence-corrected chi connectivity index (χ1v) is 11.5. The molecular weight excluding hydrogens is 408 g/mol. The molecule has 0 spiro atoms. The molecule has 2 atom stereocenters. The van der Waals surface area contributed by atoms with Crippen LogP contribution in [-0.2, 0) is 10.2 Å². The van der Waals surface area contributed by atoms with Gasteiger partial charge in [-0.2, -0.15) is 0 Å². The van der Waals surface area contributed by atoms with Gasteiger partial charge in [0, 0.05) is 12.0 Å². The van der Waals surface area contributed by atoms with Gasteiger partial charge in [0.1, 0.15) is 11.5 Å². The topological polar surface area (TPSA) is 38.7 Å².